The molecule has 2 fully saturated rings. The highest BCUT2D eigenvalue weighted by Crippen LogP contribution is 2.28. The molecular weight excluding hydrogens is 364 g/mol. The summed E-state index contributed by atoms with van der Waals surface area (Å²) in [5.74, 6) is 1.72. The van der Waals surface area contributed by atoms with Gasteiger partial charge in [0.2, 0.25) is 0 Å². The normalized spacial score (nSPS) is 23.2. The molecule has 1 aliphatic heterocycles. The smallest absolute Gasteiger partial charge is 0.193 e. The number of nitrogens with zero attached hydrogens (tertiary/aromatic N) is 3. The summed E-state index contributed by atoms with van der Waals surface area (Å²) in [5, 5.41) is 3.45. The van der Waals surface area contributed by atoms with Crippen molar-refractivity contribution in [3.63, 3.8) is 0 Å². The van der Waals surface area contributed by atoms with E-state index in [9.17, 15) is 0 Å². The highest BCUT2D eigenvalue weighted by atomic mass is 16.5. The van der Waals surface area contributed by atoms with E-state index < -0.39 is 0 Å². The van der Waals surface area contributed by atoms with Gasteiger partial charge in [0.1, 0.15) is 0 Å². The van der Waals surface area contributed by atoms with Crippen molar-refractivity contribution in [2.75, 3.05) is 46.9 Å². The highest BCUT2D eigenvalue weighted by molar-refractivity contribution is 5.79. The minimum absolute atomic E-state index is 0.310. The van der Waals surface area contributed by atoms with Gasteiger partial charge in [0.05, 0.1) is 18.8 Å². The summed E-state index contributed by atoms with van der Waals surface area (Å²) < 4.78 is 11.6. The molecule has 29 heavy (non-hydrogen) atoms. The monoisotopic (exact) mass is 402 g/mol. The molecule has 1 aliphatic carbocycles. The number of hydrogen-bond donors (Lipinski definition) is 1. The summed E-state index contributed by atoms with van der Waals surface area (Å²) in [7, 11) is 3.89. The van der Waals surface area contributed by atoms with E-state index in [1.165, 1.54) is 24.0 Å². The molecule has 1 N–H and O–H groups in total. The molecule has 6 nitrogen and oxygen atoms in total. The molecule has 6 heteroatoms. The second-order valence-corrected chi connectivity index (χ2v) is 8.61. The third-order valence-corrected chi connectivity index (χ3v) is 5.57. The number of hydrogen-bond acceptors (Lipinski definition) is 4. The number of morpholine rings is 1. The summed E-state index contributed by atoms with van der Waals surface area (Å²) in [5.41, 5.74) is 2.61. The van der Waals surface area contributed by atoms with Crippen LogP contribution >= 0.6 is 0 Å². The van der Waals surface area contributed by atoms with E-state index >= 15 is 0 Å². The first-order valence-corrected chi connectivity index (χ1v) is 11.0. The minimum Gasteiger partial charge on any atom is -0.379 e. The Morgan fingerprint density at radius 2 is 1.83 bits per heavy atom. The molecule has 0 radical (unpaired) electrons. The van der Waals surface area contributed by atoms with Crippen LogP contribution in [0.15, 0.2) is 29.3 Å². The molecule has 1 saturated carbocycles. The Balaban J connectivity index is 1.39. The predicted molar refractivity (Wildman–Crippen MR) is 118 cm³/mol. The average Bonchev–Trinajstić information content (AvgIpc) is 3.50. The quantitative estimate of drug-likeness (QED) is 0.391. The fourth-order valence-electron chi connectivity index (χ4n) is 3.84. The molecule has 0 bridgehead atoms. The lowest BCUT2D eigenvalue weighted by atomic mass is 10.1. The van der Waals surface area contributed by atoms with Crippen molar-refractivity contribution in [2.24, 2.45) is 10.9 Å². The van der Waals surface area contributed by atoms with Crippen LogP contribution in [-0.4, -0.2) is 74.9 Å². The lowest BCUT2D eigenvalue weighted by Gasteiger charge is -2.35. The number of ether oxygens (including phenoxy) is 2. The average molecular weight is 403 g/mol. The van der Waals surface area contributed by atoms with Crippen LogP contribution in [0.2, 0.25) is 0 Å². The molecule has 1 saturated heterocycles. The molecule has 162 valence electrons. The van der Waals surface area contributed by atoms with Gasteiger partial charge in [-0.2, -0.15) is 0 Å². The number of guanidine groups is 1. The minimum atomic E-state index is 0.310. The molecule has 2 atom stereocenters. The van der Waals surface area contributed by atoms with Gasteiger partial charge in [-0.3, -0.25) is 9.89 Å². The maximum Gasteiger partial charge on any atom is 0.193 e. The van der Waals surface area contributed by atoms with Crippen molar-refractivity contribution < 1.29 is 9.47 Å². The molecule has 1 aromatic rings. The lowest BCUT2D eigenvalue weighted by molar-refractivity contribution is -0.0704. The maximum absolute atomic E-state index is 5.83. The number of rotatable bonds is 9. The second kappa shape index (κ2) is 11.0. The predicted octanol–water partition coefficient (Wildman–Crippen LogP) is 2.73. The van der Waals surface area contributed by atoms with Crippen molar-refractivity contribution in [1.82, 2.24) is 15.1 Å². The van der Waals surface area contributed by atoms with Crippen LogP contribution in [0, 0.1) is 5.92 Å². The van der Waals surface area contributed by atoms with E-state index in [0.29, 0.717) is 12.2 Å². The Morgan fingerprint density at radius 3 is 2.45 bits per heavy atom. The molecule has 0 spiro atoms. The summed E-state index contributed by atoms with van der Waals surface area (Å²) in [6.07, 6.45) is 3.29. The zero-order chi connectivity index (χ0) is 20.6. The van der Waals surface area contributed by atoms with Crippen LogP contribution in [-0.2, 0) is 22.6 Å². The number of benzene rings is 1. The van der Waals surface area contributed by atoms with Crippen molar-refractivity contribution in [2.45, 2.75) is 52.0 Å². The van der Waals surface area contributed by atoms with Crippen LogP contribution in [0.1, 0.15) is 37.8 Å². The topological polar surface area (TPSA) is 49.3 Å². The molecule has 1 aromatic carbocycles. The fourth-order valence-corrected chi connectivity index (χ4v) is 3.84. The van der Waals surface area contributed by atoms with E-state index in [2.05, 4.69) is 65.3 Å². The first kappa shape index (κ1) is 22.1. The second-order valence-electron chi connectivity index (χ2n) is 8.61. The van der Waals surface area contributed by atoms with E-state index in [4.69, 9.17) is 9.47 Å². The van der Waals surface area contributed by atoms with Crippen LogP contribution < -0.4 is 5.32 Å². The lowest BCUT2D eigenvalue weighted by Crippen LogP contribution is -2.44. The van der Waals surface area contributed by atoms with Gasteiger partial charge < -0.3 is 19.7 Å². The third kappa shape index (κ3) is 7.61. The van der Waals surface area contributed by atoms with Crippen molar-refractivity contribution >= 4 is 5.96 Å². The van der Waals surface area contributed by atoms with Gasteiger partial charge in [0, 0.05) is 53.4 Å². The van der Waals surface area contributed by atoms with Crippen molar-refractivity contribution in [3.05, 3.63) is 35.4 Å². The van der Waals surface area contributed by atoms with E-state index in [0.717, 1.165) is 57.8 Å². The third-order valence-electron chi connectivity index (χ3n) is 5.57. The van der Waals surface area contributed by atoms with E-state index in [1.807, 2.05) is 7.05 Å². The summed E-state index contributed by atoms with van der Waals surface area (Å²) >= 11 is 0. The molecule has 3 rings (SSSR count). The van der Waals surface area contributed by atoms with E-state index in [1.54, 1.807) is 0 Å². The Kier molecular flexibility index (Phi) is 8.33. The zero-order valence-electron chi connectivity index (χ0n) is 18.6. The Hall–Kier alpha value is -1.63. The SMILES string of the molecule is CN=C(NCc1ccc(CN2CC(C)OC(C)C2)cc1)N(C)CCOCC1CC1. The van der Waals surface area contributed by atoms with Crippen molar-refractivity contribution in [3.8, 4) is 0 Å². The molecule has 1 heterocycles. The summed E-state index contributed by atoms with van der Waals surface area (Å²) in [6.45, 7) is 10.6. The number of likely N-dealkylation sites (N-methyl/N-ethyl adjacent to an activating group) is 1. The van der Waals surface area contributed by atoms with Gasteiger partial charge in [0.15, 0.2) is 5.96 Å². The Labute approximate surface area is 176 Å². The summed E-state index contributed by atoms with van der Waals surface area (Å²) in [4.78, 5) is 9.00. The molecule has 0 aromatic heterocycles. The van der Waals surface area contributed by atoms with Gasteiger partial charge in [-0.1, -0.05) is 24.3 Å². The van der Waals surface area contributed by atoms with Gasteiger partial charge in [-0.25, -0.2) is 0 Å². The van der Waals surface area contributed by atoms with Crippen molar-refractivity contribution in [1.29, 1.82) is 0 Å². The van der Waals surface area contributed by atoms with Crippen LogP contribution in [0.5, 0.6) is 0 Å². The molecular formula is C23H38N4O2. The fraction of sp³-hybridized carbons (Fsp3) is 0.696. The highest BCUT2D eigenvalue weighted by Gasteiger charge is 2.22. The van der Waals surface area contributed by atoms with Gasteiger partial charge in [-0.05, 0) is 43.7 Å². The van der Waals surface area contributed by atoms with Gasteiger partial charge in [0.25, 0.3) is 0 Å². The molecule has 2 aliphatic rings. The van der Waals surface area contributed by atoms with E-state index in [-0.39, 0.29) is 0 Å². The largest absolute Gasteiger partial charge is 0.379 e. The Bertz CT molecular complexity index is 635. The number of aliphatic imine (C=N–C) groups is 1. The molecule has 2 unspecified atom stereocenters. The zero-order valence-corrected chi connectivity index (χ0v) is 18.6. The standard InChI is InChI=1S/C23H38N4O2/c1-18-14-27(15-19(2)29-18)16-21-7-5-20(6-8-21)13-25-23(24-3)26(4)11-12-28-17-22-9-10-22/h5-8,18-19,22H,9-17H2,1-4H3,(H,24,25). The van der Waals surface area contributed by atoms with Gasteiger partial charge in [-0.15, -0.1) is 0 Å². The van der Waals surface area contributed by atoms with Crippen LogP contribution in [0.4, 0.5) is 0 Å². The summed E-state index contributed by atoms with van der Waals surface area (Å²) in [6, 6.07) is 8.89. The van der Waals surface area contributed by atoms with Gasteiger partial charge >= 0.3 is 0 Å². The van der Waals surface area contributed by atoms with Crippen LogP contribution in [0.3, 0.4) is 0 Å². The van der Waals surface area contributed by atoms with Crippen LogP contribution in [0.25, 0.3) is 0 Å². The first-order valence-electron chi connectivity index (χ1n) is 11.0. The number of nitrogens with one attached hydrogen (secondary N) is 1. The molecule has 0 amide bonds. The Morgan fingerprint density at radius 1 is 1.17 bits per heavy atom. The first-order chi connectivity index (χ1) is 14.0. The maximum atomic E-state index is 5.83.